The fourth-order valence-electron chi connectivity index (χ4n) is 1.29. The molecule has 0 aliphatic rings. The van der Waals surface area contributed by atoms with Crippen molar-refractivity contribution in [3.63, 3.8) is 0 Å². The molecule has 0 rings (SSSR count). The first-order valence-electron chi connectivity index (χ1n) is 6.73. The molecular formula is C13H22O9. The van der Waals surface area contributed by atoms with E-state index in [0.29, 0.717) is 12.8 Å². The molecular weight excluding hydrogens is 300 g/mol. The molecule has 0 aromatic carbocycles. The first kappa shape index (κ1) is 22.1. The lowest BCUT2D eigenvalue weighted by atomic mass is 10.1. The third kappa shape index (κ3) is 20.2. The van der Waals surface area contributed by atoms with Gasteiger partial charge in [0.25, 0.3) is 0 Å². The van der Waals surface area contributed by atoms with Gasteiger partial charge in [-0.2, -0.15) is 0 Å². The van der Waals surface area contributed by atoms with Gasteiger partial charge < -0.3 is 25.5 Å². The van der Waals surface area contributed by atoms with Gasteiger partial charge in [0.1, 0.15) is 0 Å². The van der Waals surface area contributed by atoms with E-state index >= 15 is 0 Å². The van der Waals surface area contributed by atoms with Crippen LogP contribution in [0.4, 0.5) is 0 Å². The van der Waals surface area contributed by atoms with Gasteiger partial charge in [0.05, 0.1) is 0 Å². The number of aliphatic hydroxyl groups is 1. The van der Waals surface area contributed by atoms with E-state index < -0.39 is 30.0 Å². The maximum absolute atomic E-state index is 10.0. The largest absolute Gasteiger partial charge is 0.481 e. The summed E-state index contributed by atoms with van der Waals surface area (Å²) < 4.78 is 0. The highest BCUT2D eigenvalue weighted by Gasteiger charge is 2.13. The topological polar surface area (TPSA) is 169 Å². The maximum Gasteiger partial charge on any atom is 0.332 e. The third-order valence-electron chi connectivity index (χ3n) is 2.45. The van der Waals surface area contributed by atoms with Crippen molar-refractivity contribution in [2.75, 3.05) is 0 Å². The van der Waals surface area contributed by atoms with Crippen molar-refractivity contribution in [3.05, 3.63) is 0 Å². The number of carbonyl (C=O) groups is 4. The second-order valence-electron chi connectivity index (χ2n) is 4.49. The Morgan fingerprint density at radius 2 is 1.00 bits per heavy atom. The summed E-state index contributed by atoms with van der Waals surface area (Å²) in [6.45, 7) is 0. The number of aliphatic hydroxyl groups excluding tert-OH is 1. The Balaban J connectivity index is 0. The molecule has 0 aromatic rings. The first-order chi connectivity index (χ1) is 10.2. The fraction of sp³-hybridized carbons (Fsp3) is 0.692. The van der Waals surface area contributed by atoms with Gasteiger partial charge in [-0.25, -0.2) is 4.79 Å². The standard InChI is InChI=1S/C8H14O4.C5H8O5/c9-7(10)5-3-1-2-4-6-8(11)12;6-3(5(9)10)1-2-4(7)8/h1-6H2,(H,9,10)(H,11,12);3,6H,1-2H2,(H,7,8)(H,9,10). The first-order valence-corrected chi connectivity index (χ1v) is 6.73. The summed E-state index contributed by atoms with van der Waals surface area (Å²) in [4.78, 5) is 39.8. The molecule has 0 spiro atoms. The van der Waals surface area contributed by atoms with Crippen LogP contribution in [0.3, 0.4) is 0 Å². The number of hydrogen-bond donors (Lipinski definition) is 5. The molecule has 9 heteroatoms. The lowest BCUT2D eigenvalue weighted by molar-refractivity contribution is -0.148. The molecule has 5 N–H and O–H groups in total. The van der Waals surface area contributed by atoms with Crippen LogP contribution in [0.15, 0.2) is 0 Å². The zero-order valence-electron chi connectivity index (χ0n) is 12.1. The van der Waals surface area contributed by atoms with Crippen LogP contribution >= 0.6 is 0 Å². The lowest BCUT2D eigenvalue weighted by Crippen LogP contribution is -2.20. The van der Waals surface area contributed by atoms with Crippen molar-refractivity contribution in [1.29, 1.82) is 0 Å². The smallest absolute Gasteiger partial charge is 0.332 e. The number of aliphatic carboxylic acids is 4. The van der Waals surface area contributed by atoms with Crippen LogP contribution in [-0.2, 0) is 19.2 Å². The van der Waals surface area contributed by atoms with Crippen LogP contribution in [-0.4, -0.2) is 55.5 Å². The molecule has 22 heavy (non-hydrogen) atoms. The number of unbranched alkanes of at least 4 members (excludes halogenated alkanes) is 3. The van der Waals surface area contributed by atoms with Gasteiger partial charge in [0.15, 0.2) is 6.10 Å². The van der Waals surface area contributed by atoms with Crippen LogP contribution in [0.5, 0.6) is 0 Å². The van der Waals surface area contributed by atoms with Crippen molar-refractivity contribution in [2.24, 2.45) is 0 Å². The highest BCUT2D eigenvalue weighted by atomic mass is 16.4. The molecule has 1 atom stereocenters. The highest BCUT2D eigenvalue weighted by Crippen LogP contribution is 2.04. The van der Waals surface area contributed by atoms with Gasteiger partial charge in [0, 0.05) is 19.3 Å². The molecule has 0 saturated carbocycles. The van der Waals surface area contributed by atoms with E-state index in [2.05, 4.69) is 0 Å². The van der Waals surface area contributed by atoms with Gasteiger partial charge in [-0.3, -0.25) is 14.4 Å². The number of rotatable bonds is 11. The zero-order chi connectivity index (χ0) is 17.5. The van der Waals surface area contributed by atoms with Gasteiger partial charge in [-0.1, -0.05) is 12.8 Å². The van der Waals surface area contributed by atoms with E-state index in [4.69, 9.17) is 25.5 Å². The quantitative estimate of drug-likeness (QED) is 0.345. The van der Waals surface area contributed by atoms with Crippen LogP contribution in [0, 0.1) is 0 Å². The van der Waals surface area contributed by atoms with E-state index in [9.17, 15) is 19.2 Å². The van der Waals surface area contributed by atoms with Gasteiger partial charge in [-0.05, 0) is 19.3 Å². The van der Waals surface area contributed by atoms with Crippen molar-refractivity contribution >= 4 is 23.9 Å². The molecule has 9 nitrogen and oxygen atoms in total. The monoisotopic (exact) mass is 322 g/mol. The summed E-state index contributed by atoms with van der Waals surface area (Å²) in [5.41, 5.74) is 0. The summed E-state index contributed by atoms with van der Waals surface area (Å²) in [6.07, 6.45) is 1.15. The molecule has 0 heterocycles. The van der Waals surface area contributed by atoms with E-state index in [1.807, 2.05) is 0 Å². The summed E-state index contributed by atoms with van der Waals surface area (Å²) >= 11 is 0. The van der Waals surface area contributed by atoms with E-state index in [-0.39, 0.29) is 25.7 Å². The minimum absolute atomic E-state index is 0.188. The van der Waals surface area contributed by atoms with Crippen molar-refractivity contribution < 1.29 is 44.7 Å². The van der Waals surface area contributed by atoms with Crippen LogP contribution in [0.1, 0.15) is 51.4 Å². The van der Waals surface area contributed by atoms with E-state index in [1.54, 1.807) is 0 Å². The van der Waals surface area contributed by atoms with Crippen LogP contribution < -0.4 is 0 Å². The minimum atomic E-state index is -1.56. The fourth-order valence-corrected chi connectivity index (χ4v) is 1.29. The molecule has 0 aliphatic heterocycles. The molecule has 0 aromatic heterocycles. The Morgan fingerprint density at radius 3 is 1.27 bits per heavy atom. The third-order valence-corrected chi connectivity index (χ3v) is 2.45. The molecule has 0 saturated heterocycles. The molecule has 0 amide bonds. The molecule has 128 valence electrons. The Labute approximate surface area is 127 Å². The summed E-state index contributed by atoms with van der Waals surface area (Å²) in [7, 11) is 0. The Bertz CT molecular complexity index is 347. The second-order valence-corrected chi connectivity index (χ2v) is 4.49. The summed E-state index contributed by atoms with van der Waals surface area (Å²) in [5, 5.41) is 41.1. The van der Waals surface area contributed by atoms with Crippen molar-refractivity contribution in [2.45, 2.75) is 57.5 Å². The number of hydrogen-bond acceptors (Lipinski definition) is 5. The van der Waals surface area contributed by atoms with Crippen LogP contribution in [0.25, 0.3) is 0 Å². The molecule has 0 fully saturated rings. The summed E-state index contributed by atoms with van der Waals surface area (Å²) in [5.74, 6) is -4.07. The molecule has 0 radical (unpaired) electrons. The minimum Gasteiger partial charge on any atom is -0.481 e. The van der Waals surface area contributed by atoms with E-state index in [0.717, 1.165) is 12.8 Å². The SMILES string of the molecule is O=C(O)CCC(O)C(=O)O.O=C(O)CCCCCCC(=O)O. The Morgan fingerprint density at radius 1 is 0.636 bits per heavy atom. The number of carboxylic acids is 4. The highest BCUT2D eigenvalue weighted by molar-refractivity contribution is 5.73. The maximum atomic E-state index is 10.0. The molecule has 1 unspecified atom stereocenters. The van der Waals surface area contributed by atoms with Crippen molar-refractivity contribution in [1.82, 2.24) is 0 Å². The van der Waals surface area contributed by atoms with E-state index in [1.165, 1.54) is 0 Å². The van der Waals surface area contributed by atoms with Crippen LogP contribution in [0.2, 0.25) is 0 Å². The zero-order valence-corrected chi connectivity index (χ0v) is 12.1. The molecule has 0 aliphatic carbocycles. The van der Waals surface area contributed by atoms with Gasteiger partial charge in [-0.15, -0.1) is 0 Å². The Hall–Kier alpha value is -2.16. The second kappa shape index (κ2) is 13.8. The lowest BCUT2D eigenvalue weighted by Gasteiger charge is -2.00. The van der Waals surface area contributed by atoms with Gasteiger partial charge >= 0.3 is 23.9 Å². The average molecular weight is 322 g/mol. The normalized spacial score (nSPS) is 11.0. The van der Waals surface area contributed by atoms with Crippen molar-refractivity contribution in [3.8, 4) is 0 Å². The average Bonchev–Trinajstić information content (AvgIpc) is 2.39. The molecule has 0 bridgehead atoms. The Kier molecular flexibility index (Phi) is 13.9. The predicted octanol–water partition coefficient (Wildman–Crippen LogP) is 0.793. The predicted molar refractivity (Wildman–Crippen MR) is 73.5 cm³/mol. The van der Waals surface area contributed by atoms with Gasteiger partial charge in [0.2, 0.25) is 0 Å². The summed E-state index contributed by atoms with van der Waals surface area (Å²) in [6, 6.07) is 0. The number of carboxylic acid groups (broad SMARTS) is 4.